The largest absolute Gasteiger partial charge is 0.248 e. The van der Waals surface area contributed by atoms with E-state index in [-0.39, 0.29) is 10.9 Å². The molecule has 0 spiro atoms. The summed E-state index contributed by atoms with van der Waals surface area (Å²) in [5, 5.41) is 2.06. The van der Waals surface area contributed by atoms with Crippen LogP contribution in [0.15, 0.2) is 16.6 Å². The Morgan fingerprint density at radius 1 is 1.83 bits per heavy atom. The molecule has 0 fully saturated rings. The van der Waals surface area contributed by atoms with Crippen molar-refractivity contribution in [2.75, 3.05) is 6.26 Å². The third-order valence-corrected chi connectivity index (χ3v) is 1.59. The molecule has 0 bridgehead atoms. The Kier molecular flexibility index (Phi) is 0.965. The highest BCUT2D eigenvalue weighted by Gasteiger charge is 1.87. The maximum absolute atomic E-state index is 3.76. The van der Waals surface area contributed by atoms with Crippen molar-refractivity contribution in [1.29, 1.82) is 0 Å². The molecule has 0 aromatic rings. The van der Waals surface area contributed by atoms with Gasteiger partial charge in [-0.1, -0.05) is 0 Å². The summed E-state index contributed by atoms with van der Waals surface area (Å²) >= 11 is 0. The van der Waals surface area contributed by atoms with Gasteiger partial charge in [0, 0.05) is 6.20 Å². The summed E-state index contributed by atoms with van der Waals surface area (Å²) in [5.74, 6) is 0. The van der Waals surface area contributed by atoms with Crippen LogP contribution in [0.3, 0.4) is 0 Å². The van der Waals surface area contributed by atoms with E-state index in [1.807, 2.05) is 0 Å². The number of aliphatic imine (C=N–C) groups is 1. The molecule has 0 saturated carbocycles. The van der Waals surface area contributed by atoms with Gasteiger partial charge in [-0.25, -0.2) is 4.99 Å². The SMILES string of the molecule is C[SH]1[C]=NC=C1. The fraction of sp³-hybridized carbons (Fsp3) is 0.250. The van der Waals surface area contributed by atoms with Gasteiger partial charge in [0.15, 0.2) is 0 Å². The molecule has 0 aliphatic carbocycles. The number of rotatable bonds is 0. The Morgan fingerprint density at radius 3 is 2.83 bits per heavy atom. The van der Waals surface area contributed by atoms with Crippen molar-refractivity contribution in [3.8, 4) is 0 Å². The van der Waals surface area contributed by atoms with E-state index in [2.05, 4.69) is 22.2 Å². The van der Waals surface area contributed by atoms with Crippen LogP contribution in [0.4, 0.5) is 0 Å². The van der Waals surface area contributed by atoms with Crippen LogP contribution in [-0.4, -0.2) is 11.8 Å². The highest BCUT2D eigenvalue weighted by molar-refractivity contribution is 8.30. The van der Waals surface area contributed by atoms with Crippen molar-refractivity contribution in [3.63, 3.8) is 0 Å². The Hall–Kier alpha value is -0.240. The first-order valence-corrected chi connectivity index (χ1v) is 3.60. The van der Waals surface area contributed by atoms with Crippen molar-refractivity contribution in [1.82, 2.24) is 0 Å². The van der Waals surface area contributed by atoms with E-state index in [9.17, 15) is 0 Å². The molecule has 0 aromatic heterocycles. The molecule has 33 valence electrons. The zero-order chi connectivity index (χ0) is 4.41. The summed E-state index contributed by atoms with van der Waals surface area (Å²) in [6, 6.07) is 0. The number of nitrogens with zero attached hydrogens (tertiary/aromatic N) is 1. The zero-order valence-electron chi connectivity index (χ0n) is 3.55. The van der Waals surface area contributed by atoms with E-state index in [1.165, 1.54) is 0 Å². The summed E-state index contributed by atoms with van der Waals surface area (Å²) < 4.78 is 0. The van der Waals surface area contributed by atoms with Crippen LogP contribution < -0.4 is 0 Å². The summed E-state index contributed by atoms with van der Waals surface area (Å²) in [7, 11) is -0.0622. The first-order chi connectivity index (χ1) is 2.89. The first kappa shape index (κ1) is 3.93. The lowest BCUT2D eigenvalue weighted by Crippen LogP contribution is -1.60. The van der Waals surface area contributed by atoms with Crippen molar-refractivity contribution in [2.45, 2.75) is 0 Å². The lowest BCUT2D eigenvalue weighted by molar-refractivity contribution is 1.65. The van der Waals surface area contributed by atoms with Gasteiger partial charge in [-0.2, -0.15) is 10.9 Å². The molecule has 1 unspecified atom stereocenters. The quantitative estimate of drug-likeness (QED) is 0.436. The van der Waals surface area contributed by atoms with Crippen LogP contribution in [0.25, 0.3) is 0 Å². The van der Waals surface area contributed by atoms with E-state index >= 15 is 0 Å². The summed E-state index contributed by atoms with van der Waals surface area (Å²) in [6.45, 7) is 0. The minimum absolute atomic E-state index is 0.0622. The Bertz CT molecular complexity index is 83.7. The zero-order valence-corrected chi connectivity index (χ0v) is 4.44. The molecule has 0 amide bonds. The van der Waals surface area contributed by atoms with E-state index in [4.69, 9.17) is 0 Å². The second-order valence-corrected chi connectivity index (χ2v) is 2.86. The van der Waals surface area contributed by atoms with Crippen molar-refractivity contribution in [2.24, 2.45) is 4.99 Å². The van der Waals surface area contributed by atoms with Gasteiger partial charge < -0.3 is 0 Å². The minimum atomic E-state index is -0.0622. The van der Waals surface area contributed by atoms with Gasteiger partial charge in [0.05, 0.1) is 0 Å². The highest BCUT2D eigenvalue weighted by atomic mass is 32.2. The normalized spacial score (nSPS) is 35.2. The van der Waals surface area contributed by atoms with Crippen LogP contribution in [0.2, 0.25) is 0 Å². The smallest absolute Gasteiger partial charge is 0.111 e. The molecule has 2 heteroatoms. The number of hydrogen-bond donors (Lipinski definition) is 1. The van der Waals surface area contributed by atoms with Crippen LogP contribution in [-0.2, 0) is 0 Å². The second kappa shape index (κ2) is 1.47. The summed E-state index contributed by atoms with van der Waals surface area (Å²) in [6.07, 6.45) is 3.91. The van der Waals surface area contributed by atoms with Gasteiger partial charge >= 0.3 is 0 Å². The number of hydrogen-bond acceptors (Lipinski definition) is 1. The molecule has 1 heterocycles. The van der Waals surface area contributed by atoms with Crippen LogP contribution >= 0.6 is 10.9 Å². The predicted octanol–water partition coefficient (Wildman–Crippen LogP) is 1.01. The molecule has 1 aliphatic heterocycles. The van der Waals surface area contributed by atoms with Gasteiger partial charge in [-0.3, -0.25) is 0 Å². The lowest BCUT2D eigenvalue weighted by atomic mass is 11.1. The molecule has 6 heavy (non-hydrogen) atoms. The maximum Gasteiger partial charge on any atom is 0.111 e. The molecule has 1 radical (unpaired) electrons. The topological polar surface area (TPSA) is 12.4 Å². The Morgan fingerprint density at radius 2 is 2.67 bits per heavy atom. The van der Waals surface area contributed by atoms with Crippen molar-refractivity contribution in [3.05, 3.63) is 11.6 Å². The van der Waals surface area contributed by atoms with E-state index < -0.39 is 0 Å². The standard InChI is InChI=1S/C4H6NS/c1-6-3-2-5-4-6/h2-3,6H,1H3. The van der Waals surface area contributed by atoms with E-state index in [1.54, 1.807) is 6.20 Å². The highest BCUT2D eigenvalue weighted by Crippen LogP contribution is 2.20. The molecular weight excluding hydrogens is 94.1 g/mol. The molecular formula is C4H6NS. The third kappa shape index (κ3) is 0.627. The average Bonchev–Trinajstić information content (AvgIpc) is 1.86. The number of thiol groups is 1. The average molecular weight is 100 g/mol. The van der Waals surface area contributed by atoms with Crippen LogP contribution in [0.5, 0.6) is 0 Å². The van der Waals surface area contributed by atoms with Crippen LogP contribution in [0, 0.1) is 0 Å². The van der Waals surface area contributed by atoms with Gasteiger partial charge in [0.25, 0.3) is 0 Å². The monoisotopic (exact) mass is 100 g/mol. The molecule has 1 rings (SSSR count). The van der Waals surface area contributed by atoms with Gasteiger partial charge in [-0.05, 0) is 11.7 Å². The molecule has 1 nitrogen and oxygen atoms in total. The molecule has 0 N–H and O–H groups in total. The fourth-order valence-corrected chi connectivity index (χ4v) is 0.873. The Labute approximate surface area is 40.1 Å². The predicted molar refractivity (Wildman–Crippen MR) is 31.5 cm³/mol. The van der Waals surface area contributed by atoms with E-state index in [0.29, 0.717) is 0 Å². The van der Waals surface area contributed by atoms with Crippen LogP contribution in [0.1, 0.15) is 0 Å². The second-order valence-electron chi connectivity index (χ2n) is 1.14. The third-order valence-electron chi connectivity index (χ3n) is 0.580. The lowest BCUT2D eigenvalue weighted by Gasteiger charge is -1.88. The summed E-state index contributed by atoms with van der Waals surface area (Å²) in [5.41, 5.74) is 2.90. The van der Waals surface area contributed by atoms with Crippen molar-refractivity contribution < 1.29 is 0 Å². The van der Waals surface area contributed by atoms with E-state index in [0.717, 1.165) is 0 Å². The van der Waals surface area contributed by atoms with Gasteiger partial charge in [0.2, 0.25) is 0 Å². The summed E-state index contributed by atoms with van der Waals surface area (Å²) in [4.78, 5) is 3.76. The Balaban J connectivity index is 2.60. The minimum Gasteiger partial charge on any atom is -0.248 e. The molecule has 1 atom stereocenters. The fourth-order valence-electron chi connectivity index (χ4n) is 0.291. The van der Waals surface area contributed by atoms with Gasteiger partial charge in [0.1, 0.15) is 5.55 Å². The maximum atomic E-state index is 3.76. The molecule has 0 aromatic carbocycles. The molecule has 1 aliphatic rings. The first-order valence-electron chi connectivity index (χ1n) is 1.74. The van der Waals surface area contributed by atoms with Gasteiger partial charge in [-0.15, -0.1) is 0 Å². The van der Waals surface area contributed by atoms with Crippen molar-refractivity contribution >= 4 is 16.4 Å². The molecule has 0 saturated heterocycles.